The van der Waals surface area contributed by atoms with E-state index in [-0.39, 0.29) is 11.9 Å². The molecule has 1 fully saturated rings. The van der Waals surface area contributed by atoms with Gasteiger partial charge in [-0.15, -0.1) is 0 Å². The maximum atomic E-state index is 12.7. The van der Waals surface area contributed by atoms with E-state index < -0.39 is 0 Å². The lowest BCUT2D eigenvalue weighted by molar-refractivity contribution is 0.184. The standard InChI is InChI=1S/C21H20BrClN4O2/c1-13-4-9-17(11-18(13)23)24-21(28)27-10-2-3-15(12-27)20-25-19(26-29-20)14-5-7-16(22)8-6-14/h4-9,11,15H,2-3,10,12H2,1H3,(H,24,28). The fourth-order valence-corrected chi connectivity index (χ4v) is 3.80. The van der Waals surface area contributed by atoms with Crippen molar-refractivity contribution in [3.8, 4) is 11.4 Å². The molecule has 0 saturated carbocycles. The van der Waals surface area contributed by atoms with Crippen LogP contribution >= 0.6 is 27.5 Å². The number of aryl methyl sites for hydroxylation is 1. The predicted octanol–water partition coefficient (Wildman–Crippen LogP) is 5.87. The maximum Gasteiger partial charge on any atom is 0.321 e. The molecule has 0 bridgehead atoms. The number of carbonyl (C=O) groups is 1. The number of nitrogens with zero attached hydrogens (tertiary/aromatic N) is 3. The lowest BCUT2D eigenvalue weighted by atomic mass is 9.98. The smallest absolute Gasteiger partial charge is 0.321 e. The van der Waals surface area contributed by atoms with Crippen LogP contribution in [0.4, 0.5) is 10.5 Å². The van der Waals surface area contributed by atoms with Gasteiger partial charge in [0.15, 0.2) is 0 Å². The molecule has 1 aliphatic rings. The number of urea groups is 1. The summed E-state index contributed by atoms with van der Waals surface area (Å²) >= 11 is 9.57. The van der Waals surface area contributed by atoms with E-state index in [0.29, 0.717) is 35.5 Å². The number of amides is 2. The summed E-state index contributed by atoms with van der Waals surface area (Å²) in [4.78, 5) is 19.0. The van der Waals surface area contributed by atoms with Crippen molar-refractivity contribution in [2.24, 2.45) is 0 Å². The van der Waals surface area contributed by atoms with Crippen LogP contribution in [0.1, 0.15) is 30.2 Å². The Labute approximate surface area is 182 Å². The SMILES string of the molecule is Cc1ccc(NC(=O)N2CCCC(c3nc(-c4ccc(Br)cc4)no3)C2)cc1Cl. The van der Waals surface area contributed by atoms with Gasteiger partial charge in [-0.25, -0.2) is 4.79 Å². The van der Waals surface area contributed by atoms with Gasteiger partial charge in [-0.2, -0.15) is 4.98 Å². The minimum absolute atomic E-state index is 0.0211. The second-order valence-electron chi connectivity index (χ2n) is 7.14. The molecular formula is C21H20BrClN4O2. The molecule has 150 valence electrons. The minimum atomic E-state index is -0.151. The van der Waals surface area contributed by atoms with Gasteiger partial charge in [-0.05, 0) is 61.7 Å². The molecule has 3 aromatic rings. The van der Waals surface area contributed by atoms with Gasteiger partial charge in [0.1, 0.15) is 0 Å². The summed E-state index contributed by atoms with van der Waals surface area (Å²) in [5.41, 5.74) is 2.55. The zero-order chi connectivity index (χ0) is 20.4. The van der Waals surface area contributed by atoms with Gasteiger partial charge in [0.2, 0.25) is 11.7 Å². The Morgan fingerprint density at radius 2 is 2.07 bits per heavy atom. The van der Waals surface area contributed by atoms with Crippen LogP contribution in [0.15, 0.2) is 51.5 Å². The van der Waals surface area contributed by atoms with Crippen molar-refractivity contribution in [2.45, 2.75) is 25.7 Å². The number of nitrogens with one attached hydrogen (secondary N) is 1. The molecule has 2 heterocycles. The average Bonchev–Trinajstić information content (AvgIpc) is 3.22. The average molecular weight is 476 g/mol. The highest BCUT2D eigenvalue weighted by Crippen LogP contribution is 2.28. The van der Waals surface area contributed by atoms with Gasteiger partial charge in [0.25, 0.3) is 0 Å². The summed E-state index contributed by atoms with van der Waals surface area (Å²) < 4.78 is 6.51. The van der Waals surface area contributed by atoms with E-state index in [1.807, 2.05) is 43.3 Å². The molecule has 29 heavy (non-hydrogen) atoms. The quantitative estimate of drug-likeness (QED) is 0.514. The van der Waals surface area contributed by atoms with Crippen LogP contribution in [0, 0.1) is 6.92 Å². The van der Waals surface area contributed by atoms with Crippen molar-refractivity contribution >= 4 is 39.2 Å². The van der Waals surface area contributed by atoms with Crippen LogP contribution in [0.5, 0.6) is 0 Å². The van der Waals surface area contributed by atoms with E-state index >= 15 is 0 Å². The Kier molecular flexibility index (Phi) is 5.87. The first kappa shape index (κ1) is 19.9. The molecule has 2 amide bonds. The van der Waals surface area contributed by atoms with E-state index in [0.717, 1.165) is 28.4 Å². The van der Waals surface area contributed by atoms with Gasteiger partial charge >= 0.3 is 6.03 Å². The normalized spacial score (nSPS) is 16.7. The van der Waals surface area contributed by atoms with E-state index in [9.17, 15) is 4.79 Å². The Morgan fingerprint density at radius 3 is 2.83 bits per heavy atom. The monoisotopic (exact) mass is 474 g/mol. The van der Waals surface area contributed by atoms with Crippen LogP contribution in [0.25, 0.3) is 11.4 Å². The van der Waals surface area contributed by atoms with Crippen LogP contribution in [0.3, 0.4) is 0 Å². The Balaban J connectivity index is 1.43. The summed E-state index contributed by atoms with van der Waals surface area (Å²) in [6, 6.07) is 13.1. The number of hydrogen-bond donors (Lipinski definition) is 1. The van der Waals surface area contributed by atoms with Crippen LogP contribution in [-0.4, -0.2) is 34.2 Å². The summed E-state index contributed by atoms with van der Waals surface area (Å²) in [6.07, 6.45) is 1.78. The fourth-order valence-electron chi connectivity index (χ4n) is 3.35. The molecule has 1 atom stereocenters. The predicted molar refractivity (Wildman–Crippen MR) is 116 cm³/mol. The summed E-state index contributed by atoms with van der Waals surface area (Å²) in [5, 5.41) is 7.66. The second-order valence-corrected chi connectivity index (χ2v) is 8.47. The van der Waals surface area contributed by atoms with Crippen LogP contribution < -0.4 is 5.32 Å². The van der Waals surface area contributed by atoms with Crippen molar-refractivity contribution < 1.29 is 9.32 Å². The lowest BCUT2D eigenvalue weighted by Crippen LogP contribution is -2.41. The van der Waals surface area contributed by atoms with Gasteiger partial charge < -0.3 is 14.7 Å². The number of aromatic nitrogens is 2. The van der Waals surface area contributed by atoms with Crippen molar-refractivity contribution in [1.82, 2.24) is 15.0 Å². The van der Waals surface area contributed by atoms with Gasteiger partial charge in [0, 0.05) is 33.8 Å². The van der Waals surface area contributed by atoms with E-state index in [4.69, 9.17) is 16.1 Å². The number of likely N-dealkylation sites (tertiary alicyclic amines) is 1. The lowest BCUT2D eigenvalue weighted by Gasteiger charge is -2.31. The Bertz CT molecular complexity index is 1020. The summed E-state index contributed by atoms with van der Waals surface area (Å²) in [7, 11) is 0. The van der Waals surface area contributed by atoms with Crippen molar-refractivity contribution in [3.63, 3.8) is 0 Å². The van der Waals surface area contributed by atoms with Crippen molar-refractivity contribution in [2.75, 3.05) is 18.4 Å². The van der Waals surface area contributed by atoms with Gasteiger partial charge in [-0.3, -0.25) is 0 Å². The Hall–Kier alpha value is -2.38. The minimum Gasteiger partial charge on any atom is -0.339 e. The first-order valence-electron chi connectivity index (χ1n) is 9.41. The number of halogens is 2. The first-order chi connectivity index (χ1) is 14.0. The molecule has 6 nitrogen and oxygen atoms in total. The summed E-state index contributed by atoms with van der Waals surface area (Å²) in [6.45, 7) is 3.15. The van der Waals surface area contributed by atoms with Gasteiger partial charge in [0.05, 0.1) is 5.92 Å². The van der Waals surface area contributed by atoms with E-state index in [1.165, 1.54) is 0 Å². The maximum absolute atomic E-state index is 12.7. The molecular weight excluding hydrogens is 456 g/mol. The van der Waals surface area contributed by atoms with Crippen LogP contribution in [0.2, 0.25) is 5.02 Å². The molecule has 2 aromatic carbocycles. The highest BCUT2D eigenvalue weighted by atomic mass is 79.9. The highest BCUT2D eigenvalue weighted by Gasteiger charge is 2.29. The molecule has 4 rings (SSSR count). The highest BCUT2D eigenvalue weighted by molar-refractivity contribution is 9.10. The molecule has 0 spiro atoms. The third-order valence-corrected chi connectivity index (χ3v) is 5.96. The topological polar surface area (TPSA) is 71.3 Å². The number of hydrogen-bond acceptors (Lipinski definition) is 4. The zero-order valence-corrected chi connectivity index (χ0v) is 18.2. The molecule has 1 aliphatic heterocycles. The third kappa shape index (κ3) is 4.62. The first-order valence-corrected chi connectivity index (χ1v) is 10.6. The van der Waals surface area contributed by atoms with Crippen molar-refractivity contribution in [1.29, 1.82) is 0 Å². The van der Waals surface area contributed by atoms with Crippen LogP contribution in [-0.2, 0) is 0 Å². The number of carbonyl (C=O) groups excluding carboxylic acids is 1. The molecule has 0 radical (unpaired) electrons. The van der Waals surface area contributed by atoms with E-state index in [1.54, 1.807) is 11.0 Å². The largest absolute Gasteiger partial charge is 0.339 e. The molecule has 1 aromatic heterocycles. The van der Waals surface area contributed by atoms with E-state index in [2.05, 4.69) is 31.4 Å². The Morgan fingerprint density at radius 1 is 1.28 bits per heavy atom. The second kappa shape index (κ2) is 8.55. The molecule has 1 unspecified atom stereocenters. The number of benzene rings is 2. The van der Waals surface area contributed by atoms with Crippen molar-refractivity contribution in [3.05, 3.63) is 63.4 Å². The molecule has 1 saturated heterocycles. The number of piperidine rings is 1. The number of anilines is 1. The molecule has 0 aliphatic carbocycles. The van der Waals surface area contributed by atoms with Gasteiger partial charge in [-0.1, -0.05) is 38.8 Å². The molecule has 8 heteroatoms. The number of rotatable bonds is 3. The summed E-state index contributed by atoms with van der Waals surface area (Å²) in [5.74, 6) is 1.15. The molecule has 1 N–H and O–H groups in total. The fraction of sp³-hybridized carbons (Fsp3) is 0.286. The third-order valence-electron chi connectivity index (χ3n) is 5.03. The zero-order valence-electron chi connectivity index (χ0n) is 15.9.